The molecule has 2 unspecified atom stereocenters. The van der Waals surface area contributed by atoms with E-state index in [0.717, 1.165) is 141 Å². The van der Waals surface area contributed by atoms with Gasteiger partial charge in [0, 0.05) is 25.7 Å². The first kappa shape index (κ1) is 107. The van der Waals surface area contributed by atoms with E-state index in [1.165, 1.54) is 180 Å². The van der Waals surface area contributed by atoms with Crippen LogP contribution in [0.15, 0.2) is 48.6 Å². The summed E-state index contributed by atoms with van der Waals surface area (Å²) in [6, 6.07) is 0. The molecule has 0 rings (SSSR count). The smallest absolute Gasteiger partial charge is 0.462 e. The second kappa shape index (κ2) is 77.9. The van der Waals surface area contributed by atoms with Crippen LogP contribution in [0.2, 0.25) is 0 Å². The number of nitrogens with zero attached hydrogens (tertiary/aromatic N) is 2. The predicted molar refractivity (Wildman–Crippen MR) is 449 cm³/mol. The highest BCUT2D eigenvalue weighted by molar-refractivity contribution is 7.47. The number of esters is 4. The molecule has 0 aromatic rings. The normalized spacial score (nSPS) is 13.8. The lowest BCUT2D eigenvalue weighted by Gasteiger charge is -2.24. The number of likely N-dealkylation sites (N-methyl/N-ethyl adjacent to an activating group) is 2. The van der Waals surface area contributed by atoms with E-state index in [4.69, 9.17) is 37.0 Å². The fraction of sp³-hybridized carbons (Fsp3) is 0.864. The average molecular weight is 1570 g/mol. The Hall–Kier alpha value is -3.02. The summed E-state index contributed by atoms with van der Waals surface area (Å²) in [5, 5.41) is 0. The van der Waals surface area contributed by atoms with Crippen molar-refractivity contribution in [2.45, 2.75) is 399 Å². The van der Waals surface area contributed by atoms with E-state index >= 15 is 0 Å². The number of rotatable bonds is 80. The Morgan fingerprint density at radius 3 is 0.685 bits per heavy atom. The molecule has 0 saturated carbocycles. The summed E-state index contributed by atoms with van der Waals surface area (Å²) in [5.41, 5.74) is 0. The summed E-state index contributed by atoms with van der Waals surface area (Å²) in [6.07, 6.45) is 78.6. The van der Waals surface area contributed by atoms with E-state index in [2.05, 4.69) is 76.3 Å². The van der Waals surface area contributed by atoms with Crippen molar-refractivity contribution in [2.75, 3.05) is 95.0 Å². The molecule has 0 aromatic carbocycles. The van der Waals surface area contributed by atoms with Gasteiger partial charge in [-0.05, 0) is 128 Å². The highest BCUT2D eigenvalue weighted by atomic mass is 31.2. The highest BCUT2D eigenvalue weighted by Crippen LogP contribution is 2.44. The van der Waals surface area contributed by atoms with Crippen molar-refractivity contribution in [1.82, 2.24) is 0 Å². The van der Waals surface area contributed by atoms with Crippen LogP contribution in [0, 0.1) is 0 Å². The number of quaternary nitrogens is 2. The number of unbranched alkanes of at least 4 members (excludes halogenated alkanes) is 44. The van der Waals surface area contributed by atoms with Crippen molar-refractivity contribution < 1.29 is 84.1 Å². The summed E-state index contributed by atoms with van der Waals surface area (Å²) in [6.45, 7) is 8.80. The number of allylic oxidation sites excluding steroid dienone is 8. The van der Waals surface area contributed by atoms with Crippen LogP contribution < -0.4 is 0 Å². The molecule has 18 nitrogen and oxygen atoms in total. The van der Waals surface area contributed by atoms with Gasteiger partial charge in [0.2, 0.25) is 0 Å². The largest absolute Gasteiger partial charge is 0.472 e. The Kier molecular flexibility index (Phi) is 77.2. The van der Waals surface area contributed by atoms with Crippen LogP contribution in [-0.4, -0.2) is 150 Å². The molecular formula is C88H170N2O16P2+2. The number of hydrogen-bond acceptors (Lipinski definition) is 14. The zero-order chi connectivity index (χ0) is 80.0. The Labute approximate surface area is 663 Å². The van der Waals surface area contributed by atoms with E-state index in [-0.39, 0.29) is 64.0 Å². The van der Waals surface area contributed by atoms with E-state index in [1.54, 1.807) is 0 Å². The molecule has 0 saturated heterocycles. The lowest BCUT2D eigenvalue weighted by Crippen LogP contribution is -2.37. The van der Waals surface area contributed by atoms with Gasteiger partial charge in [0.05, 0.1) is 55.5 Å². The second-order valence-electron chi connectivity index (χ2n) is 32.1. The van der Waals surface area contributed by atoms with E-state index < -0.39 is 53.0 Å². The standard InChI is InChI=1S/2C44H84NO8P/c2*1-6-8-10-12-14-16-18-20-22-24-26-28-30-32-34-36-43(46)50-40-42(41-52-54(48,49)51-39-38-45(3,4)5)53-44(47)37-35-33-31-29-27-25-23-21-19-17-15-13-11-9-7-2/h2*20-23,42H,6-19,24-41H2,1-5H3/p+2/b2*22-20-,23-21-/t2*42-/m11/s1. The molecule has 0 aromatic heterocycles. The molecule has 0 bridgehead atoms. The zero-order valence-electron chi connectivity index (χ0n) is 71.4. The van der Waals surface area contributed by atoms with Gasteiger partial charge in [-0.2, -0.15) is 0 Å². The third kappa shape index (κ3) is 87.0. The second-order valence-corrected chi connectivity index (χ2v) is 35.1. The minimum absolute atomic E-state index is 0.0299. The monoisotopic (exact) mass is 1570 g/mol. The van der Waals surface area contributed by atoms with Crippen LogP contribution in [-0.2, 0) is 65.4 Å². The number of carbonyl (C=O) groups is 4. The van der Waals surface area contributed by atoms with Crippen molar-refractivity contribution in [3.63, 3.8) is 0 Å². The van der Waals surface area contributed by atoms with Crippen LogP contribution in [0.3, 0.4) is 0 Å². The van der Waals surface area contributed by atoms with Gasteiger partial charge in [-0.3, -0.25) is 37.3 Å². The fourth-order valence-corrected chi connectivity index (χ4v) is 13.4. The van der Waals surface area contributed by atoms with E-state index in [1.807, 2.05) is 42.3 Å². The molecule has 0 aliphatic rings. The Balaban J connectivity index is 0. The van der Waals surface area contributed by atoms with Crippen molar-refractivity contribution in [3.8, 4) is 0 Å². The molecule has 4 atom stereocenters. The first-order valence-electron chi connectivity index (χ1n) is 44.1. The molecule has 636 valence electrons. The summed E-state index contributed by atoms with van der Waals surface area (Å²) < 4.78 is 68.6. The van der Waals surface area contributed by atoms with Crippen molar-refractivity contribution in [2.24, 2.45) is 0 Å². The molecule has 108 heavy (non-hydrogen) atoms. The molecular weight excluding hydrogens is 1400 g/mol. The maximum Gasteiger partial charge on any atom is 0.472 e. The SMILES string of the molecule is CCCCCCCC/C=C\CCCCCCCC(=O)OC[C@H](COP(=O)(O)OCC[N+](C)(C)C)OC(=O)CCCCCCC/C=C\CCCCCCCC.CCCCCCCC/C=C\CCCCCCCC(=O)OC[C@H](COP(=O)(O)OCC[N+](C)(C)C)OC(=O)CCCCCCC/C=C\CCCCCCCC. The molecule has 0 amide bonds. The van der Waals surface area contributed by atoms with Crippen molar-refractivity contribution >= 4 is 39.5 Å². The van der Waals surface area contributed by atoms with Crippen LogP contribution >= 0.6 is 15.6 Å². The van der Waals surface area contributed by atoms with Gasteiger partial charge in [0.15, 0.2) is 12.2 Å². The summed E-state index contributed by atoms with van der Waals surface area (Å²) in [7, 11) is 2.94. The first-order chi connectivity index (χ1) is 52.0. The van der Waals surface area contributed by atoms with Crippen LogP contribution in [0.25, 0.3) is 0 Å². The Morgan fingerprint density at radius 2 is 0.472 bits per heavy atom. The summed E-state index contributed by atoms with van der Waals surface area (Å²) >= 11 is 0. The van der Waals surface area contributed by atoms with Gasteiger partial charge in [-0.15, -0.1) is 0 Å². The number of ether oxygens (including phenoxy) is 4. The minimum atomic E-state index is -4.37. The lowest BCUT2D eigenvalue weighted by atomic mass is 10.1. The van der Waals surface area contributed by atoms with Gasteiger partial charge >= 0.3 is 39.5 Å². The van der Waals surface area contributed by atoms with E-state index in [0.29, 0.717) is 34.9 Å². The molecule has 2 N–H and O–H groups in total. The number of phosphoric ester groups is 2. The van der Waals surface area contributed by atoms with Gasteiger partial charge < -0.3 is 37.7 Å². The lowest BCUT2D eigenvalue weighted by molar-refractivity contribution is -0.870. The van der Waals surface area contributed by atoms with Crippen LogP contribution in [0.5, 0.6) is 0 Å². The molecule has 0 spiro atoms. The average Bonchev–Trinajstić information content (AvgIpc) is 0.907. The summed E-state index contributed by atoms with van der Waals surface area (Å²) in [4.78, 5) is 70.7. The minimum Gasteiger partial charge on any atom is -0.462 e. The maximum atomic E-state index is 12.7. The maximum absolute atomic E-state index is 12.7. The first-order valence-corrected chi connectivity index (χ1v) is 47.1. The third-order valence-electron chi connectivity index (χ3n) is 18.9. The predicted octanol–water partition coefficient (Wildman–Crippen LogP) is 24.7. The van der Waals surface area contributed by atoms with Crippen molar-refractivity contribution in [3.05, 3.63) is 48.6 Å². The van der Waals surface area contributed by atoms with Crippen LogP contribution in [0.1, 0.15) is 387 Å². The molecule has 0 aliphatic carbocycles. The number of phosphoric acid groups is 2. The molecule has 20 heteroatoms. The number of carbonyl (C=O) groups excluding carboxylic acids is 4. The Bertz CT molecular complexity index is 2110. The van der Waals surface area contributed by atoms with Crippen LogP contribution in [0.4, 0.5) is 0 Å². The van der Waals surface area contributed by atoms with E-state index in [9.17, 15) is 38.1 Å². The fourth-order valence-electron chi connectivity index (χ4n) is 11.9. The van der Waals surface area contributed by atoms with Gasteiger partial charge in [-0.25, -0.2) is 9.13 Å². The topological polar surface area (TPSA) is 217 Å². The third-order valence-corrected chi connectivity index (χ3v) is 20.9. The quantitative estimate of drug-likeness (QED) is 0.0145. The molecule has 0 radical (unpaired) electrons. The Morgan fingerprint density at radius 1 is 0.278 bits per heavy atom. The van der Waals surface area contributed by atoms with Crippen molar-refractivity contribution in [1.29, 1.82) is 0 Å². The summed E-state index contributed by atoms with van der Waals surface area (Å²) in [5.74, 6) is -1.63. The number of hydrogen-bond donors (Lipinski definition) is 2. The highest BCUT2D eigenvalue weighted by Gasteiger charge is 2.29. The van der Waals surface area contributed by atoms with Gasteiger partial charge in [0.1, 0.15) is 39.5 Å². The molecule has 0 heterocycles. The van der Waals surface area contributed by atoms with Gasteiger partial charge in [-0.1, -0.05) is 282 Å². The molecule has 0 aliphatic heterocycles. The van der Waals surface area contributed by atoms with Gasteiger partial charge in [0.25, 0.3) is 0 Å². The zero-order valence-corrected chi connectivity index (χ0v) is 73.2. The molecule has 0 fully saturated rings.